The maximum absolute atomic E-state index is 9.51. The average molecular weight is 233 g/mol. The van der Waals surface area contributed by atoms with Crippen LogP contribution in [0.15, 0.2) is 24.3 Å². The van der Waals surface area contributed by atoms with Crippen LogP contribution in [0.1, 0.15) is 42.7 Å². The van der Waals surface area contributed by atoms with E-state index in [9.17, 15) is 5.11 Å². The van der Waals surface area contributed by atoms with Crippen LogP contribution in [0.4, 0.5) is 0 Å². The lowest BCUT2D eigenvalue weighted by Gasteiger charge is -2.25. The summed E-state index contributed by atoms with van der Waals surface area (Å²) in [5.41, 5.74) is 2.81. The van der Waals surface area contributed by atoms with Crippen LogP contribution >= 0.6 is 0 Å². The fourth-order valence-electron chi connectivity index (χ4n) is 2.67. The van der Waals surface area contributed by atoms with Gasteiger partial charge < -0.3 is 10.0 Å². The molecule has 1 aliphatic carbocycles. The van der Waals surface area contributed by atoms with Gasteiger partial charge in [0.25, 0.3) is 0 Å². The minimum Gasteiger partial charge on any atom is -0.393 e. The maximum Gasteiger partial charge on any atom is 0.0540 e. The minimum atomic E-state index is -0.0562. The van der Waals surface area contributed by atoms with Gasteiger partial charge in [-0.2, -0.15) is 0 Å². The first-order valence-electron chi connectivity index (χ1n) is 6.57. The van der Waals surface area contributed by atoms with Crippen LogP contribution < -0.4 is 0 Å². The highest BCUT2D eigenvalue weighted by molar-refractivity contribution is 5.25. The Morgan fingerprint density at radius 2 is 1.65 bits per heavy atom. The predicted molar refractivity (Wildman–Crippen MR) is 71.0 cm³/mol. The Morgan fingerprint density at radius 1 is 1.06 bits per heavy atom. The second kappa shape index (κ2) is 5.65. The third-order valence-electron chi connectivity index (χ3n) is 3.65. The van der Waals surface area contributed by atoms with E-state index in [1.807, 2.05) is 0 Å². The summed E-state index contributed by atoms with van der Waals surface area (Å²) in [5, 5.41) is 9.51. The van der Waals surface area contributed by atoms with Gasteiger partial charge in [-0.3, -0.25) is 0 Å². The lowest BCUT2D eigenvalue weighted by atomic mass is 9.82. The molecule has 2 rings (SSSR count). The number of nitrogens with zero attached hydrogens (tertiary/aromatic N) is 1. The second-order valence-corrected chi connectivity index (χ2v) is 5.48. The van der Waals surface area contributed by atoms with E-state index in [0.29, 0.717) is 5.92 Å². The number of aliphatic hydroxyl groups excluding tert-OH is 1. The molecule has 94 valence electrons. The Bertz CT molecular complexity index is 336. The molecular formula is C15H23NO. The van der Waals surface area contributed by atoms with Crippen LogP contribution in [-0.2, 0) is 6.54 Å². The Labute approximate surface area is 104 Å². The third-order valence-corrected chi connectivity index (χ3v) is 3.65. The standard InChI is InChI=1S/C15H23NO/c1-16(2)11-12-3-5-13(6-4-12)14-7-9-15(17)10-8-14/h3-6,14-15,17H,7-11H2,1-2H3/t14-,15+. The summed E-state index contributed by atoms with van der Waals surface area (Å²) in [4.78, 5) is 2.19. The molecule has 1 fully saturated rings. The molecule has 17 heavy (non-hydrogen) atoms. The van der Waals surface area contributed by atoms with Crippen LogP contribution in [0.2, 0.25) is 0 Å². The average Bonchev–Trinajstić information content (AvgIpc) is 2.30. The van der Waals surface area contributed by atoms with E-state index in [2.05, 4.69) is 43.3 Å². The zero-order chi connectivity index (χ0) is 12.3. The van der Waals surface area contributed by atoms with Gasteiger partial charge >= 0.3 is 0 Å². The monoisotopic (exact) mass is 233 g/mol. The van der Waals surface area contributed by atoms with Crippen molar-refractivity contribution in [3.63, 3.8) is 0 Å². The van der Waals surface area contributed by atoms with Gasteiger partial charge in [-0.05, 0) is 56.8 Å². The van der Waals surface area contributed by atoms with Crippen LogP contribution in [0.25, 0.3) is 0 Å². The zero-order valence-corrected chi connectivity index (χ0v) is 10.9. The fraction of sp³-hybridized carbons (Fsp3) is 0.600. The quantitative estimate of drug-likeness (QED) is 0.867. The maximum atomic E-state index is 9.51. The second-order valence-electron chi connectivity index (χ2n) is 5.48. The highest BCUT2D eigenvalue weighted by atomic mass is 16.3. The molecule has 0 aromatic heterocycles. The van der Waals surface area contributed by atoms with E-state index in [4.69, 9.17) is 0 Å². The van der Waals surface area contributed by atoms with Gasteiger partial charge in [-0.15, -0.1) is 0 Å². The Morgan fingerprint density at radius 3 is 2.18 bits per heavy atom. The fourth-order valence-corrected chi connectivity index (χ4v) is 2.67. The van der Waals surface area contributed by atoms with Gasteiger partial charge in [0.15, 0.2) is 0 Å². The molecule has 0 spiro atoms. The summed E-state index contributed by atoms with van der Waals surface area (Å²) in [6.07, 6.45) is 4.13. The summed E-state index contributed by atoms with van der Waals surface area (Å²) in [5.74, 6) is 0.659. The van der Waals surface area contributed by atoms with Gasteiger partial charge in [0.2, 0.25) is 0 Å². The van der Waals surface area contributed by atoms with Gasteiger partial charge in [-0.25, -0.2) is 0 Å². The van der Waals surface area contributed by atoms with Crippen molar-refractivity contribution in [2.45, 2.75) is 44.2 Å². The molecule has 1 N–H and O–H groups in total. The Kier molecular flexibility index (Phi) is 4.19. The van der Waals surface area contributed by atoms with E-state index in [0.717, 1.165) is 32.2 Å². The van der Waals surface area contributed by atoms with Gasteiger partial charge in [0.1, 0.15) is 0 Å². The van der Waals surface area contributed by atoms with E-state index in [-0.39, 0.29) is 6.10 Å². The molecule has 2 heteroatoms. The van der Waals surface area contributed by atoms with Crippen molar-refractivity contribution in [1.29, 1.82) is 0 Å². The lowest BCUT2D eigenvalue weighted by Crippen LogP contribution is -2.17. The lowest BCUT2D eigenvalue weighted by molar-refractivity contribution is 0.122. The number of rotatable bonds is 3. The van der Waals surface area contributed by atoms with Gasteiger partial charge in [-0.1, -0.05) is 24.3 Å². The van der Waals surface area contributed by atoms with Crippen LogP contribution in [0, 0.1) is 0 Å². The summed E-state index contributed by atoms with van der Waals surface area (Å²) >= 11 is 0. The smallest absolute Gasteiger partial charge is 0.0540 e. The molecule has 0 saturated heterocycles. The molecule has 1 aliphatic rings. The number of benzene rings is 1. The number of aliphatic hydroxyl groups is 1. The van der Waals surface area contributed by atoms with Gasteiger partial charge in [0.05, 0.1) is 6.10 Å². The van der Waals surface area contributed by atoms with Crippen molar-refractivity contribution in [2.24, 2.45) is 0 Å². The highest BCUT2D eigenvalue weighted by Crippen LogP contribution is 2.32. The summed E-state index contributed by atoms with van der Waals surface area (Å²) < 4.78 is 0. The zero-order valence-electron chi connectivity index (χ0n) is 10.9. The molecule has 0 aliphatic heterocycles. The van der Waals surface area contributed by atoms with Crippen LogP contribution in [0.3, 0.4) is 0 Å². The van der Waals surface area contributed by atoms with E-state index >= 15 is 0 Å². The SMILES string of the molecule is CN(C)Cc1ccc([C@H]2CC[C@@H](O)CC2)cc1. The number of hydrogen-bond acceptors (Lipinski definition) is 2. The van der Waals surface area contributed by atoms with Gasteiger partial charge in [0, 0.05) is 6.54 Å². The number of hydrogen-bond donors (Lipinski definition) is 1. The van der Waals surface area contributed by atoms with Crippen molar-refractivity contribution in [3.8, 4) is 0 Å². The summed E-state index contributed by atoms with van der Waals surface area (Å²) in [7, 11) is 4.19. The van der Waals surface area contributed by atoms with Crippen molar-refractivity contribution >= 4 is 0 Å². The molecule has 2 nitrogen and oxygen atoms in total. The molecule has 0 radical (unpaired) electrons. The molecule has 0 bridgehead atoms. The van der Waals surface area contributed by atoms with Crippen molar-refractivity contribution in [3.05, 3.63) is 35.4 Å². The summed E-state index contributed by atoms with van der Waals surface area (Å²) in [6.45, 7) is 1.00. The first kappa shape index (κ1) is 12.6. The Hall–Kier alpha value is -0.860. The first-order chi connectivity index (χ1) is 8.15. The topological polar surface area (TPSA) is 23.5 Å². The van der Waals surface area contributed by atoms with Crippen LogP contribution in [-0.4, -0.2) is 30.2 Å². The van der Waals surface area contributed by atoms with Crippen molar-refractivity contribution in [1.82, 2.24) is 4.90 Å². The highest BCUT2D eigenvalue weighted by Gasteiger charge is 2.20. The summed E-state index contributed by atoms with van der Waals surface area (Å²) in [6, 6.07) is 9.00. The van der Waals surface area contributed by atoms with E-state index < -0.39 is 0 Å². The molecule has 0 unspecified atom stereocenters. The van der Waals surface area contributed by atoms with E-state index in [1.165, 1.54) is 11.1 Å². The first-order valence-corrected chi connectivity index (χ1v) is 6.57. The third kappa shape index (κ3) is 3.55. The van der Waals surface area contributed by atoms with E-state index in [1.54, 1.807) is 0 Å². The van der Waals surface area contributed by atoms with Crippen LogP contribution in [0.5, 0.6) is 0 Å². The molecule has 0 heterocycles. The predicted octanol–water partition coefficient (Wildman–Crippen LogP) is 2.77. The molecule has 1 aromatic carbocycles. The van der Waals surface area contributed by atoms with Crippen molar-refractivity contribution < 1.29 is 5.11 Å². The molecule has 0 amide bonds. The normalized spacial score (nSPS) is 25.2. The molecule has 0 atom stereocenters. The molecule has 1 saturated carbocycles. The van der Waals surface area contributed by atoms with Crippen molar-refractivity contribution in [2.75, 3.05) is 14.1 Å². The molecular weight excluding hydrogens is 210 g/mol. The minimum absolute atomic E-state index is 0.0562. The Balaban J connectivity index is 1.97. The molecule has 1 aromatic rings. The largest absolute Gasteiger partial charge is 0.393 e.